The van der Waals surface area contributed by atoms with Crippen molar-refractivity contribution in [3.63, 3.8) is 0 Å². The minimum atomic E-state index is -0.665. The lowest BCUT2D eigenvalue weighted by Gasteiger charge is -2.24. The second-order valence-corrected chi connectivity index (χ2v) is 12.8. The summed E-state index contributed by atoms with van der Waals surface area (Å²) in [5.41, 5.74) is 4.21. The minimum absolute atomic E-state index is 0.220. The van der Waals surface area contributed by atoms with Crippen LogP contribution in [-0.2, 0) is 16.1 Å². The molecule has 5 rings (SSSR count). The lowest BCUT2D eigenvalue weighted by atomic mass is 9.95. The van der Waals surface area contributed by atoms with E-state index in [0.717, 1.165) is 24.7 Å². The van der Waals surface area contributed by atoms with Crippen LogP contribution < -0.4 is 24.4 Å². The van der Waals surface area contributed by atoms with Crippen LogP contribution in [0, 0.1) is 10.5 Å². The molecule has 2 heterocycles. The van der Waals surface area contributed by atoms with Gasteiger partial charge in [-0.15, -0.1) is 0 Å². The molecule has 0 N–H and O–H groups in total. The van der Waals surface area contributed by atoms with Crippen molar-refractivity contribution < 1.29 is 19.0 Å². The molecule has 0 saturated carbocycles. The number of halogens is 2. The third-order valence-corrected chi connectivity index (χ3v) is 8.90. The number of carbonyl (C=O) groups excluding carboxylic acids is 1. The van der Waals surface area contributed by atoms with Gasteiger partial charge in [-0.05, 0) is 84.8 Å². The standard InChI is InChI=1S/C32H28BrIN2O5S/c1-5-40-31(38)27-19(3)35-32-36(28(27)21-10-6-18(2)7-11-21)30(37)26(42-32)15-22-14-24(34)16-25(39-4)29(22)41-17-20-8-12-23(33)13-9-20/h6-16,28H,5,17H2,1-4H3/b26-15-/t28-/m1/s1. The second kappa shape index (κ2) is 13.0. The molecule has 0 bridgehead atoms. The number of allylic oxidation sites excluding steroid dienone is 1. The van der Waals surface area contributed by atoms with Crippen molar-refractivity contribution in [2.75, 3.05) is 13.7 Å². The third-order valence-electron chi connectivity index (χ3n) is 6.76. The van der Waals surface area contributed by atoms with Crippen LogP contribution in [0.1, 0.15) is 42.1 Å². The quantitative estimate of drug-likeness (QED) is 0.161. The number of hydrogen-bond acceptors (Lipinski definition) is 7. The molecule has 0 spiro atoms. The molecular weight excluding hydrogens is 731 g/mol. The number of aromatic nitrogens is 1. The van der Waals surface area contributed by atoms with Gasteiger partial charge in [-0.1, -0.05) is 69.2 Å². The molecule has 1 aliphatic heterocycles. The highest BCUT2D eigenvalue weighted by Gasteiger charge is 2.33. The first-order valence-electron chi connectivity index (χ1n) is 13.2. The van der Waals surface area contributed by atoms with Gasteiger partial charge in [0.1, 0.15) is 6.61 Å². The number of ether oxygens (including phenoxy) is 3. The zero-order chi connectivity index (χ0) is 30.0. The second-order valence-electron chi connectivity index (χ2n) is 9.65. The SMILES string of the molecule is CCOC(=O)C1=C(C)N=c2s/c(=C\c3cc(I)cc(OC)c3OCc3ccc(Br)cc3)c(=O)n2[C@@H]1c1ccc(C)cc1. The van der Waals surface area contributed by atoms with E-state index in [0.29, 0.717) is 44.3 Å². The van der Waals surface area contributed by atoms with Crippen molar-refractivity contribution in [3.8, 4) is 11.5 Å². The number of carbonyl (C=O) groups is 1. The molecule has 0 unspecified atom stereocenters. The fourth-order valence-electron chi connectivity index (χ4n) is 4.74. The summed E-state index contributed by atoms with van der Waals surface area (Å²) in [5.74, 6) is 0.616. The summed E-state index contributed by atoms with van der Waals surface area (Å²) in [6.45, 7) is 6.08. The lowest BCUT2D eigenvalue weighted by molar-refractivity contribution is -0.139. The van der Waals surface area contributed by atoms with E-state index in [1.807, 2.05) is 67.6 Å². The van der Waals surface area contributed by atoms with Gasteiger partial charge in [0.05, 0.1) is 35.6 Å². The zero-order valence-electron chi connectivity index (χ0n) is 23.4. The van der Waals surface area contributed by atoms with Crippen LogP contribution in [0.4, 0.5) is 0 Å². The van der Waals surface area contributed by atoms with E-state index < -0.39 is 12.0 Å². The van der Waals surface area contributed by atoms with Crippen molar-refractivity contribution in [2.24, 2.45) is 4.99 Å². The fraction of sp³-hybridized carbons (Fsp3) is 0.219. The highest BCUT2D eigenvalue weighted by Crippen LogP contribution is 2.35. The maximum absolute atomic E-state index is 14.1. The van der Waals surface area contributed by atoms with Crippen molar-refractivity contribution in [1.29, 1.82) is 0 Å². The first-order chi connectivity index (χ1) is 20.2. The number of esters is 1. The van der Waals surface area contributed by atoms with Crippen LogP contribution in [0.25, 0.3) is 6.08 Å². The number of benzene rings is 3. The minimum Gasteiger partial charge on any atom is -0.493 e. The summed E-state index contributed by atoms with van der Waals surface area (Å²) in [4.78, 5) is 32.4. The van der Waals surface area contributed by atoms with E-state index in [9.17, 15) is 9.59 Å². The molecule has 1 atom stereocenters. The van der Waals surface area contributed by atoms with Gasteiger partial charge in [-0.2, -0.15) is 0 Å². The van der Waals surface area contributed by atoms with Gasteiger partial charge in [0.25, 0.3) is 5.56 Å². The summed E-state index contributed by atoms with van der Waals surface area (Å²) in [7, 11) is 1.59. The van der Waals surface area contributed by atoms with E-state index in [-0.39, 0.29) is 12.2 Å². The molecule has 10 heteroatoms. The van der Waals surface area contributed by atoms with Crippen LogP contribution >= 0.6 is 49.9 Å². The van der Waals surface area contributed by atoms with Crippen LogP contribution in [0.15, 0.2) is 86.2 Å². The number of thiazole rings is 1. The molecular formula is C32H28BrIN2O5S. The topological polar surface area (TPSA) is 79.1 Å². The van der Waals surface area contributed by atoms with E-state index in [1.165, 1.54) is 11.3 Å². The number of nitrogens with zero attached hydrogens (tertiary/aromatic N) is 2. The Morgan fingerprint density at radius 1 is 1.12 bits per heavy atom. The van der Waals surface area contributed by atoms with Gasteiger partial charge in [0.2, 0.25) is 0 Å². The smallest absolute Gasteiger partial charge is 0.338 e. The maximum atomic E-state index is 14.1. The van der Waals surface area contributed by atoms with Gasteiger partial charge in [-0.3, -0.25) is 9.36 Å². The maximum Gasteiger partial charge on any atom is 0.338 e. The van der Waals surface area contributed by atoms with Gasteiger partial charge in [-0.25, -0.2) is 9.79 Å². The molecule has 42 heavy (non-hydrogen) atoms. The highest BCUT2D eigenvalue weighted by atomic mass is 127. The third kappa shape index (κ3) is 6.25. The van der Waals surface area contributed by atoms with E-state index >= 15 is 0 Å². The van der Waals surface area contributed by atoms with Gasteiger partial charge >= 0.3 is 5.97 Å². The Labute approximate surface area is 269 Å². The van der Waals surface area contributed by atoms with Gasteiger partial charge < -0.3 is 14.2 Å². The van der Waals surface area contributed by atoms with Crippen LogP contribution in [-0.4, -0.2) is 24.3 Å². The van der Waals surface area contributed by atoms with E-state index in [2.05, 4.69) is 43.5 Å². The molecule has 0 amide bonds. The lowest BCUT2D eigenvalue weighted by Crippen LogP contribution is -2.39. The summed E-state index contributed by atoms with van der Waals surface area (Å²) in [6, 6.07) is 18.9. The summed E-state index contributed by atoms with van der Waals surface area (Å²) in [5, 5.41) is 0. The molecule has 3 aromatic carbocycles. The van der Waals surface area contributed by atoms with E-state index in [1.54, 1.807) is 31.6 Å². The van der Waals surface area contributed by atoms with Crippen molar-refractivity contribution in [3.05, 3.63) is 122 Å². The molecule has 0 fully saturated rings. The number of hydrogen-bond donors (Lipinski definition) is 0. The predicted octanol–water partition coefficient (Wildman–Crippen LogP) is 6.06. The number of aryl methyl sites for hydroxylation is 1. The predicted molar refractivity (Wildman–Crippen MR) is 176 cm³/mol. The highest BCUT2D eigenvalue weighted by molar-refractivity contribution is 14.1. The van der Waals surface area contributed by atoms with Gasteiger partial charge in [0, 0.05) is 13.6 Å². The largest absolute Gasteiger partial charge is 0.493 e. The van der Waals surface area contributed by atoms with Crippen LogP contribution in [0.5, 0.6) is 11.5 Å². The van der Waals surface area contributed by atoms with Crippen molar-refractivity contribution >= 4 is 61.9 Å². The number of rotatable bonds is 8. The van der Waals surface area contributed by atoms with Crippen LogP contribution in [0.2, 0.25) is 0 Å². The molecule has 1 aliphatic rings. The molecule has 216 valence electrons. The van der Waals surface area contributed by atoms with Crippen molar-refractivity contribution in [2.45, 2.75) is 33.4 Å². The Kier molecular flexibility index (Phi) is 9.34. The Bertz CT molecular complexity index is 1860. The summed E-state index contributed by atoms with van der Waals surface area (Å²) < 4.78 is 21.3. The Balaban J connectivity index is 1.66. The number of methoxy groups -OCH3 is 1. The molecule has 0 radical (unpaired) electrons. The first kappa shape index (κ1) is 30.2. The Morgan fingerprint density at radius 2 is 1.83 bits per heavy atom. The first-order valence-corrected chi connectivity index (χ1v) is 15.9. The molecule has 1 aromatic heterocycles. The number of fused-ring (bicyclic) bond motifs is 1. The summed E-state index contributed by atoms with van der Waals surface area (Å²) in [6.07, 6.45) is 1.81. The Hall–Kier alpha value is -3.22. The van der Waals surface area contributed by atoms with E-state index in [4.69, 9.17) is 14.2 Å². The molecule has 4 aromatic rings. The molecule has 7 nitrogen and oxygen atoms in total. The molecule has 0 saturated heterocycles. The summed E-state index contributed by atoms with van der Waals surface area (Å²) >= 11 is 6.95. The normalized spacial score (nSPS) is 14.8. The van der Waals surface area contributed by atoms with Crippen LogP contribution in [0.3, 0.4) is 0 Å². The Morgan fingerprint density at radius 3 is 2.50 bits per heavy atom. The average molecular weight is 759 g/mol. The zero-order valence-corrected chi connectivity index (χ0v) is 28.0. The fourth-order valence-corrected chi connectivity index (χ4v) is 6.66. The van der Waals surface area contributed by atoms with Crippen molar-refractivity contribution in [1.82, 2.24) is 4.57 Å². The average Bonchev–Trinajstić information content (AvgIpc) is 3.26. The monoisotopic (exact) mass is 758 g/mol. The van der Waals surface area contributed by atoms with Gasteiger partial charge in [0.15, 0.2) is 16.3 Å². The molecule has 0 aliphatic carbocycles.